The molecule has 1 unspecified atom stereocenters. The average Bonchev–Trinajstić information content (AvgIpc) is 3.44. The number of hydrogen-bond donors (Lipinski definition) is 4. The van der Waals surface area contributed by atoms with Crippen LogP contribution >= 0.6 is 42.1 Å². The fourth-order valence-corrected chi connectivity index (χ4v) is 6.63. The molecule has 5 N–H and O–H groups in total. The van der Waals surface area contributed by atoms with Gasteiger partial charge in [0.1, 0.15) is 10.7 Å². The van der Waals surface area contributed by atoms with Crippen LogP contribution in [0.5, 0.6) is 0 Å². The quantitative estimate of drug-likeness (QED) is 0.196. The molecule has 9 nitrogen and oxygen atoms in total. The van der Waals surface area contributed by atoms with Gasteiger partial charge in [0.05, 0.1) is 21.7 Å². The molecule has 5 aromatic rings. The molecular weight excluding hydrogens is 544 g/mol. The zero-order chi connectivity index (χ0) is 25.6. The maximum atomic E-state index is 13.0. The molecule has 0 spiro atoms. The lowest BCUT2D eigenvalue weighted by molar-refractivity contribution is 0.0703. The average molecular weight is 560 g/mol. The summed E-state index contributed by atoms with van der Waals surface area (Å²) in [6, 6.07) is 16.4. The number of benzene rings is 2. The maximum absolute atomic E-state index is 13.0. The van der Waals surface area contributed by atoms with E-state index < -0.39 is 13.5 Å². The number of nitrogens with one attached hydrogen (secondary N) is 1. The molecule has 0 fully saturated rings. The van der Waals surface area contributed by atoms with Gasteiger partial charge >= 0.3 is 13.5 Å². The van der Waals surface area contributed by atoms with Crippen molar-refractivity contribution in [3.05, 3.63) is 81.8 Å². The highest BCUT2D eigenvalue weighted by atomic mass is 35.5. The minimum atomic E-state index is -4.26. The minimum Gasteiger partial charge on any atom is -0.477 e. The van der Waals surface area contributed by atoms with Crippen molar-refractivity contribution in [3.8, 4) is 21.7 Å². The van der Waals surface area contributed by atoms with E-state index in [1.165, 1.54) is 24.3 Å². The molecule has 1 atom stereocenters. The number of halogens is 2. The highest BCUT2D eigenvalue weighted by molar-refractivity contribution is 7.67. The van der Waals surface area contributed by atoms with Gasteiger partial charge in [-0.3, -0.25) is 4.57 Å². The largest absolute Gasteiger partial charge is 0.477 e. The van der Waals surface area contributed by atoms with Gasteiger partial charge in [0.15, 0.2) is 5.65 Å². The van der Waals surface area contributed by atoms with Crippen molar-refractivity contribution in [1.82, 2.24) is 14.6 Å². The summed E-state index contributed by atoms with van der Waals surface area (Å²) in [6.45, 7) is 0. The Kier molecular flexibility index (Phi) is 6.23. The van der Waals surface area contributed by atoms with Crippen molar-refractivity contribution < 1.29 is 19.4 Å². The highest BCUT2D eigenvalue weighted by Crippen LogP contribution is 2.46. The number of aromatic carboxylic acids is 1. The predicted molar refractivity (Wildman–Crippen MR) is 143 cm³/mol. The van der Waals surface area contributed by atoms with E-state index in [2.05, 4.69) is 15.2 Å². The van der Waals surface area contributed by atoms with Crippen molar-refractivity contribution in [1.29, 1.82) is 0 Å². The molecule has 0 bridgehead atoms. The van der Waals surface area contributed by atoms with Crippen LogP contribution in [0.2, 0.25) is 10.0 Å². The van der Waals surface area contributed by atoms with Gasteiger partial charge in [-0.15, -0.1) is 11.3 Å². The fourth-order valence-electron chi connectivity index (χ4n) is 3.59. The number of nitrogen functional groups attached to an aromatic ring is 1. The van der Waals surface area contributed by atoms with Crippen LogP contribution in [0.25, 0.3) is 27.3 Å². The van der Waals surface area contributed by atoms with Crippen LogP contribution in [0.3, 0.4) is 0 Å². The van der Waals surface area contributed by atoms with Crippen molar-refractivity contribution in [2.45, 2.75) is 0 Å². The van der Waals surface area contributed by atoms with Gasteiger partial charge < -0.3 is 20.8 Å². The third-order valence-electron chi connectivity index (χ3n) is 5.29. The molecule has 0 amide bonds. The molecule has 5 rings (SSSR count). The molecule has 182 valence electrons. The Labute approximate surface area is 218 Å². The molecule has 0 aliphatic rings. The van der Waals surface area contributed by atoms with Crippen molar-refractivity contribution in [3.63, 3.8) is 0 Å². The van der Waals surface area contributed by atoms with Crippen LogP contribution in [-0.4, -0.2) is 30.6 Å². The molecule has 36 heavy (non-hydrogen) atoms. The molecular formula is C23H16Cl2N5O4PS. The molecule has 0 saturated carbocycles. The van der Waals surface area contributed by atoms with Crippen molar-refractivity contribution in [2.24, 2.45) is 0 Å². The van der Waals surface area contributed by atoms with E-state index in [4.69, 9.17) is 28.9 Å². The Morgan fingerprint density at radius 1 is 1.06 bits per heavy atom. The van der Waals surface area contributed by atoms with E-state index in [0.717, 1.165) is 22.5 Å². The maximum Gasteiger partial charge on any atom is 0.348 e. The van der Waals surface area contributed by atoms with Gasteiger partial charge in [0.2, 0.25) is 0 Å². The fraction of sp³-hybridized carbons (Fsp3) is 0. The number of carboxylic acids is 1. The molecule has 0 radical (unpaired) electrons. The van der Waals surface area contributed by atoms with Gasteiger partial charge in [-0.1, -0.05) is 47.5 Å². The normalized spacial score (nSPS) is 13.0. The van der Waals surface area contributed by atoms with Crippen LogP contribution in [0, 0.1) is 0 Å². The van der Waals surface area contributed by atoms with E-state index in [1.54, 1.807) is 16.8 Å². The number of anilines is 2. The second kappa shape index (κ2) is 9.24. The number of carboxylic acid groups (broad SMARTS) is 1. The first-order chi connectivity index (χ1) is 17.1. The molecule has 3 heterocycles. The summed E-state index contributed by atoms with van der Waals surface area (Å²) in [7, 11) is -4.26. The van der Waals surface area contributed by atoms with Crippen LogP contribution in [-0.2, 0) is 4.57 Å². The first-order valence-electron chi connectivity index (χ1n) is 10.3. The third kappa shape index (κ3) is 4.57. The number of aromatic nitrogens is 3. The van der Waals surface area contributed by atoms with Crippen molar-refractivity contribution in [2.75, 3.05) is 10.8 Å². The Hall–Kier alpha value is -3.40. The van der Waals surface area contributed by atoms with E-state index in [-0.39, 0.29) is 20.9 Å². The summed E-state index contributed by atoms with van der Waals surface area (Å²) in [5.74, 6) is -0.772. The van der Waals surface area contributed by atoms with Crippen LogP contribution in [0.15, 0.2) is 66.9 Å². The number of nitrogens with two attached hydrogens (primary N) is 1. The Morgan fingerprint density at radius 3 is 2.44 bits per heavy atom. The summed E-state index contributed by atoms with van der Waals surface area (Å²) in [5.41, 5.74) is 8.77. The van der Waals surface area contributed by atoms with Crippen LogP contribution in [0.4, 0.5) is 11.5 Å². The molecule has 13 heteroatoms. The monoisotopic (exact) mass is 559 g/mol. The first kappa shape index (κ1) is 24.3. The van der Waals surface area contributed by atoms with Crippen LogP contribution in [0.1, 0.15) is 9.67 Å². The van der Waals surface area contributed by atoms with E-state index in [9.17, 15) is 19.4 Å². The van der Waals surface area contributed by atoms with Gasteiger partial charge in [0, 0.05) is 27.7 Å². The zero-order valence-electron chi connectivity index (χ0n) is 18.1. The SMILES string of the molecule is Nc1ccnc2cc(-c3ccc(-c4cc(NP(=O)(O)c5ccc(Cl)cc5Cl)c(C(=O)O)s4)cc3)nn12. The van der Waals surface area contributed by atoms with Gasteiger partial charge in [0.25, 0.3) is 0 Å². The van der Waals surface area contributed by atoms with Gasteiger partial charge in [-0.2, -0.15) is 9.61 Å². The van der Waals surface area contributed by atoms with Gasteiger partial charge in [-0.05, 0) is 35.9 Å². The summed E-state index contributed by atoms with van der Waals surface area (Å²) in [4.78, 5) is 27.2. The lowest BCUT2D eigenvalue weighted by Gasteiger charge is -2.15. The topological polar surface area (TPSA) is 143 Å². The van der Waals surface area contributed by atoms with Crippen molar-refractivity contribution >= 4 is 70.5 Å². The number of thiophene rings is 1. The number of fused-ring (bicyclic) bond motifs is 1. The first-order valence-corrected chi connectivity index (χ1v) is 13.5. The van der Waals surface area contributed by atoms with Crippen LogP contribution < -0.4 is 16.1 Å². The smallest absolute Gasteiger partial charge is 0.348 e. The number of hydrogen-bond acceptors (Lipinski definition) is 6. The third-order valence-corrected chi connectivity index (χ3v) is 8.73. The Balaban J connectivity index is 1.46. The molecule has 3 aromatic heterocycles. The van der Waals surface area contributed by atoms with Gasteiger partial charge in [-0.25, -0.2) is 9.78 Å². The zero-order valence-corrected chi connectivity index (χ0v) is 21.3. The molecule has 0 aliphatic carbocycles. The lowest BCUT2D eigenvalue weighted by atomic mass is 10.1. The van der Waals surface area contributed by atoms with E-state index in [1.807, 2.05) is 30.3 Å². The summed E-state index contributed by atoms with van der Waals surface area (Å²) >= 11 is 12.9. The predicted octanol–water partition coefficient (Wildman–Crippen LogP) is 5.63. The minimum absolute atomic E-state index is 0.00493. The van der Waals surface area contributed by atoms with E-state index >= 15 is 0 Å². The molecule has 0 aliphatic heterocycles. The summed E-state index contributed by atoms with van der Waals surface area (Å²) in [6.07, 6.45) is 1.60. The highest BCUT2D eigenvalue weighted by Gasteiger charge is 2.28. The Morgan fingerprint density at radius 2 is 1.78 bits per heavy atom. The second-order valence-corrected chi connectivity index (χ2v) is 11.4. The summed E-state index contributed by atoms with van der Waals surface area (Å²) in [5, 5.41) is 16.9. The number of nitrogens with zero attached hydrogens (tertiary/aromatic N) is 3. The molecule has 0 saturated heterocycles. The van der Waals surface area contributed by atoms with E-state index in [0.29, 0.717) is 27.1 Å². The number of rotatable bonds is 6. The standard InChI is InChI=1S/C23H16Cl2N5O4PS/c24-14-5-6-18(15(25)9-14)35(33,34)29-17-10-19(36-22(17)23(31)32)13-3-1-12(2-4-13)16-11-21-27-8-7-20(26)30(21)28-16/h1-11H,26H2,(H,31,32)(H2,29,33,34). The Bertz CT molecular complexity index is 1690. The molecule has 2 aromatic carbocycles. The number of carbonyl (C=O) groups is 1. The second-order valence-electron chi connectivity index (χ2n) is 7.69. The summed E-state index contributed by atoms with van der Waals surface area (Å²) < 4.78 is 14.6. The lowest BCUT2D eigenvalue weighted by Crippen LogP contribution is -2.13.